The topological polar surface area (TPSA) is 84.3 Å². The molecule has 0 spiro atoms. The van der Waals surface area contributed by atoms with E-state index in [2.05, 4.69) is 17.0 Å². The smallest absolute Gasteiger partial charge is 0.312 e. The van der Waals surface area contributed by atoms with Crippen molar-refractivity contribution >= 4 is 11.8 Å². The van der Waals surface area contributed by atoms with Crippen LogP contribution in [0.25, 0.3) is 0 Å². The largest absolute Gasteiger partial charge is 0.395 e. The molecule has 1 aromatic rings. The Labute approximate surface area is 142 Å². The number of benzene rings is 1. The maximum Gasteiger partial charge on any atom is 0.312 e. The molecule has 2 N–H and O–H groups in total. The van der Waals surface area contributed by atoms with Gasteiger partial charge in [-0.2, -0.15) is 0 Å². The lowest BCUT2D eigenvalue weighted by Gasteiger charge is -2.35. The number of nitrogens with zero attached hydrogens (tertiary/aromatic N) is 3. The molecule has 7 nitrogen and oxygen atoms in total. The van der Waals surface area contributed by atoms with Crippen LogP contribution in [-0.2, 0) is 16.1 Å². The highest BCUT2D eigenvalue weighted by Gasteiger charge is 2.29. The second kappa shape index (κ2) is 9.36. The van der Waals surface area contributed by atoms with Gasteiger partial charge in [-0.1, -0.05) is 30.3 Å². The molecule has 1 aliphatic heterocycles. The maximum absolute atomic E-state index is 12.3. The number of aliphatic hydroxyl groups excluding tert-OH is 2. The Hall–Kier alpha value is -1.96. The summed E-state index contributed by atoms with van der Waals surface area (Å²) in [5.41, 5.74) is 1.23. The number of hydrogen-bond acceptors (Lipinski definition) is 5. The van der Waals surface area contributed by atoms with Crippen molar-refractivity contribution in [3.63, 3.8) is 0 Å². The van der Waals surface area contributed by atoms with E-state index >= 15 is 0 Å². The van der Waals surface area contributed by atoms with Crippen molar-refractivity contribution in [1.29, 1.82) is 0 Å². The number of piperazine rings is 1. The normalized spacial score (nSPS) is 15.3. The van der Waals surface area contributed by atoms with Crippen molar-refractivity contribution in [1.82, 2.24) is 14.7 Å². The van der Waals surface area contributed by atoms with Crippen LogP contribution in [0.4, 0.5) is 0 Å². The van der Waals surface area contributed by atoms with Crippen LogP contribution in [0.15, 0.2) is 30.3 Å². The zero-order valence-electron chi connectivity index (χ0n) is 13.8. The van der Waals surface area contributed by atoms with E-state index in [0.29, 0.717) is 26.2 Å². The first-order valence-corrected chi connectivity index (χ1v) is 8.22. The highest BCUT2D eigenvalue weighted by atomic mass is 16.3. The third kappa shape index (κ3) is 5.02. The van der Waals surface area contributed by atoms with Crippen molar-refractivity contribution < 1.29 is 19.8 Å². The number of carbonyl (C=O) groups is 2. The van der Waals surface area contributed by atoms with Gasteiger partial charge in [0.25, 0.3) is 0 Å². The molecule has 1 fully saturated rings. The van der Waals surface area contributed by atoms with Crippen molar-refractivity contribution in [2.75, 3.05) is 52.5 Å². The van der Waals surface area contributed by atoms with Gasteiger partial charge in [0.15, 0.2) is 0 Å². The predicted octanol–water partition coefficient (Wildman–Crippen LogP) is -0.856. The minimum absolute atomic E-state index is 0.0547. The fourth-order valence-electron chi connectivity index (χ4n) is 2.78. The Balaban J connectivity index is 1.84. The molecule has 2 rings (SSSR count). The third-order valence-corrected chi connectivity index (χ3v) is 4.12. The van der Waals surface area contributed by atoms with Gasteiger partial charge in [0, 0.05) is 45.8 Å². The summed E-state index contributed by atoms with van der Waals surface area (Å²) < 4.78 is 0. The van der Waals surface area contributed by atoms with E-state index in [1.807, 2.05) is 18.2 Å². The van der Waals surface area contributed by atoms with E-state index < -0.39 is 11.8 Å². The molecule has 0 unspecified atom stereocenters. The van der Waals surface area contributed by atoms with Crippen molar-refractivity contribution in [3.8, 4) is 0 Å². The van der Waals surface area contributed by atoms with E-state index in [9.17, 15) is 9.59 Å². The van der Waals surface area contributed by atoms with E-state index in [1.54, 1.807) is 4.90 Å². The van der Waals surface area contributed by atoms with Gasteiger partial charge in [0.05, 0.1) is 13.2 Å². The van der Waals surface area contributed by atoms with Crippen molar-refractivity contribution in [2.45, 2.75) is 6.54 Å². The van der Waals surface area contributed by atoms with Gasteiger partial charge in [-0.05, 0) is 5.56 Å². The van der Waals surface area contributed by atoms with Crippen LogP contribution in [-0.4, -0.2) is 89.2 Å². The van der Waals surface area contributed by atoms with Gasteiger partial charge < -0.3 is 20.0 Å². The number of amides is 2. The Kier molecular flexibility index (Phi) is 7.17. The molecule has 1 heterocycles. The zero-order chi connectivity index (χ0) is 17.4. The lowest BCUT2D eigenvalue weighted by Crippen LogP contribution is -2.53. The summed E-state index contributed by atoms with van der Waals surface area (Å²) in [5, 5.41) is 17.9. The minimum Gasteiger partial charge on any atom is -0.395 e. The summed E-state index contributed by atoms with van der Waals surface area (Å²) in [6.45, 7) is 2.92. The molecule has 2 amide bonds. The monoisotopic (exact) mass is 335 g/mol. The molecule has 0 aromatic heterocycles. The molecule has 1 aliphatic rings. The first-order valence-electron chi connectivity index (χ1n) is 8.22. The van der Waals surface area contributed by atoms with Gasteiger partial charge in [0.1, 0.15) is 0 Å². The molecule has 0 atom stereocenters. The molecule has 0 radical (unpaired) electrons. The van der Waals surface area contributed by atoms with E-state index in [4.69, 9.17) is 10.2 Å². The summed E-state index contributed by atoms with van der Waals surface area (Å²) in [7, 11) is 0. The lowest BCUT2D eigenvalue weighted by molar-refractivity contribution is -0.153. The zero-order valence-corrected chi connectivity index (χ0v) is 13.8. The van der Waals surface area contributed by atoms with Gasteiger partial charge in [-0.15, -0.1) is 0 Å². The summed E-state index contributed by atoms with van der Waals surface area (Å²) in [5.74, 6) is -1.22. The van der Waals surface area contributed by atoms with Crippen LogP contribution < -0.4 is 0 Å². The molecule has 0 saturated carbocycles. The summed E-state index contributed by atoms with van der Waals surface area (Å²) in [4.78, 5) is 29.5. The number of hydrogen-bond donors (Lipinski definition) is 2. The van der Waals surface area contributed by atoms with E-state index in [1.165, 1.54) is 10.5 Å². The van der Waals surface area contributed by atoms with Crippen LogP contribution in [0.3, 0.4) is 0 Å². The number of carbonyl (C=O) groups excluding carboxylic acids is 2. The standard InChI is InChI=1S/C17H25N3O4/c21-12-10-20(11-13-22)17(24)16(23)19-8-6-18(7-9-19)14-15-4-2-1-3-5-15/h1-5,21-22H,6-14H2. The summed E-state index contributed by atoms with van der Waals surface area (Å²) in [6.07, 6.45) is 0. The summed E-state index contributed by atoms with van der Waals surface area (Å²) in [6, 6.07) is 10.1. The SMILES string of the molecule is O=C(C(=O)N1CCN(Cc2ccccc2)CC1)N(CCO)CCO. The Morgan fingerprint density at radius 2 is 1.54 bits per heavy atom. The van der Waals surface area contributed by atoms with Gasteiger partial charge in [-0.3, -0.25) is 14.5 Å². The lowest BCUT2D eigenvalue weighted by atomic mass is 10.2. The summed E-state index contributed by atoms with van der Waals surface area (Å²) >= 11 is 0. The van der Waals surface area contributed by atoms with Crippen molar-refractivity contribution in [3.05, 3.63) is 35.9 Å². The quantitative estimate of drug-likeness (QED) is 0.661. The van der Waals surface area contributed by atoms with E-state index in [-0.39, 0.29) is 26.3 Å². The highest BCUT2D eigenvalue weighted by molar-refractivity contribution is 6.34. The number of aliphatic hydroxyl groups is 2. The first-order chi connectivity index (χ1) is 11.7. The Morgan fingerprint density at radius 1 is 0.958 bits per heavy atom. The predicted molar refractivity (Wildman–Crippen MR) is 89.1 cm³/mol. The van der Waals surface area contributed by atoms with E-state index in [0.717, 1.165) is 6.54 Å². The average Bonchev–Trinajstić information content (AvgIpc) is 2.62. The second-order valence-electron chi connectivity index (χ2n) is 5.79. The molecule has 0 aliphatic carbocycles. The first kappa shape index (κ1) is 18.4. The van der Waals surface area contributed by atoms with Crippen LogP contribution in [0.2, 0.25) is 0 Å². The highest BCUT2D eigenvalue weighted by Crippen LogP contribution is 2.09. The Bertz CT molecular complexity index is 524. The molecule has 132 valence electrons. The second-order valence-corrected chi connectivity index (χ2v) is 5.79. The van der Waals surface area contributed by atoms with Crippen molar-refractivity contribution in [2.24, 2.45) is 0 Å². The molecule has 1 saturated heterocycles. The molecular weight excluding hydrogens is 310 g/mol. The van der Waals surface area contributed by atoms with Crippen LogP contribution in [0, 0.1) is 0 Å². The third-order valence-electron chi connectivity index (χ3n) is 4.12. The van der Waals surface area contributed by atoms with Gasteiger partial charge >= 0.3 is 11.8 Å². The van der Waals surface area contributed by atoms with Crippen LogP contribution in [0.1, 0.15) is 5.56 Å². The molecule has 1 aromatic carbocycles. The van der Waals surface area contributed by atoms with Gasteiger partial charge in [-0.25, -0.2) is 0 Å². The molecule has 0 bridgehead atoms. The maximum atomic E-state index is 12.3. The fraction of sp³-hybridized carbons (Fsp3) is 0.529. The minimum atomic E-state index is -0.658. The van der Waals surface area contributed by atoms with Gasteiger partial charge in [0.2, 0.25) is 0 Å². The average molecular weight is 335 g/mol. The molecule has 24 heavy (non-hydrogen) atoms. The fourth-order valence-corrected chi connectivity index (χ4v) is 2.78. The molecular formula is C17H25N3O4. The number of rotatable bonds is 6. The van der Waals surface area contributed by atoms with Crippen LogP contribution in [0.5, 0.6) is 0 Å². The van der Waals surface area contributed by atoms with Crippen LogP contribution >= 0.6 is 0 Å². The molecule has 7 heteroatoms. The Morgan fingerprint density at radius 3 is 2.08 bits per heavy atom.